The third kappa shape index (κ3) is 4.33. The van der Waals surface area contributed by atoms with Crippen LogP contribution in [0.4, 0.5) is 11.4 Å². The SMILES string of the molecule is Cc1cccc(C(=O)Nc2cc(Cl)c(C(=O)N3Cc4cccn4Cc4ccccc43)cc2Cl)c1C. The largest absolute Gasteiger partial charge is 0.345 e. The molecule has 0 atom stereocenters. The molecule has 0 saturated carbocycles. The van der Waals surface area contributed by atoms with Crippen molar-refractivity contribution in [3.05, 3.63) is 116 Å². The number of amides is 2. The molecule has 1 aromatic heterocycles. The monoisotopic (exact) mass is 503 g/mol. The molecule has 1 aliphatic rings. The van der Waals surface area contributed by atoms with Gasteiger partial charge in [0.25, 0.3) is 11.8 Å². The summed E-state index contributed by atoms with van der Waals surface area (Å²) in [5, 5.41) is 3.29. The number of fused-ring (bicyclic) bond motifs is 2. The number of nitrogens with one attached hydrogen (secondary N) is 1. The van der Waals surface area contributed by atoms with Crippen molar-refractivity contribution in [3.8, 4) is 0 Å². The van der Waals surface area contributed by atoms with Gasteiger partial charge in [0.15, 0.2) is 0 Å². The number of nitrogens with zero attached hydrogens (tertiary/aromatic N) is 2. The van der Waals surface area contributed by atoms with Crippen LogP contribution in [0, 0.1) is 13.8 Å². The number of hydrogen-bond donors (Lipinski definition) is 1. The first-order valence-corrected chi connectivity index (χ1v) is 12.0. The van der Waals surface area contributed by atoms with Gasteiger partial charge in [-0.15, -0.1) is 0 Å². The molecule has 1 aliphatic heterocycles. The fraction of sp³-hybridized carbons (Fsp3) is 0.143. The number of aromatic nitrogens is 1. The Labute approximate surface area is 213 Å². The van der Waals surface area contributed by atoms with E-state index in [0.29, 0.717) is 24.3 Å². The Bertz CT molecular complexity index is 1480. The van der Waals surface area contributed by atoms with E-state index in [4.69, 9.17) is 23.2 Å². The molecule has 35 heavy (non-hydrogen) atoms. The number of hydrogen-bond acceptors (Lipinski definition) is 2. The Balaban J connectivity index is 1.47. The number of aryl methyl sites for hydroxylation is 1. The van der Waals surface area contributed by atoms with Crippen molar-refractivity contribution in [3.63, 3.8) is 0 Å². The van der Waals surface area contributed by atoms with Crippen LogP contribution >= 0.6 is 23.2 Å². The molecule has 176 valence electrons. The van der Waals surface area contributed by atoms with Crippen LogP contribution in [0.15, 0.2) is 72.9 Å². The number of carbonyl (C=O) groups is 2. The van der Waals surface area contributed by atoms with Crippen molar-refractivity contribution in [1.82, 2.24) is 4.57 Å². The lowest BCUT2D eigenvalue weighted by atomic mass is 10.0. The Hall–Kier alpha value is -3.54. The van der Waals surface area contributed by atoms with Crippen LogP contribution in [0.3, 0.4) is 0 Å². The summed E-state index contributed by atoms with van der Waals surface area (Å²) < 4.78 is 2.13. The molecule has 0 saturated heterocycles. The van der Waals surface area contributed by atoms with Crippen molar-refractivity contribution in [1.29, 1.82) is 0 Å². The van der Waals surface area contributed by atoms with Gasteiger partial charge in [0.1, 0.15) is 0 Å². The normalized spacial score (nSPS) is 12.5. The summed E-state index contributed by atoms with van der Waals surface area (Å²) in [5.41, 5.74) is 5.99. The lowest BCUT2D eigenvalue weighted by molar-refractivity contribution is 0.0984. The van der Waals surface area contributed by atoms with E-state index in [1.807, 2.05) is 68.6 Å². The molecular formula is C28H23Cl2N3O2. The summed E-state index contributed by atoms with van der Waals surface area (Å²) in [6, 6.07) is 20.4. The fourth-order valence-electron chi connectivity index (χ4n) is 4.41. The van der Waals surface area contributed by atoms with E-state index in [1.54, 1.807) is 11.0 Å². The summed E-state index contributed by atoms with van der Waals surface area (Å²) in [6.45, 7) is 4.94. The molecule has 4 aromatic rings. The highest BCUT2D eigenvalue weighted by Crippen LogP contribution is 2.34. The molecule has 3 aromatic carbocycles. The van der Waals surface area contributed by atoms with E-state index in [-0.39, 0.29) is 27.4 Å². The fourth-order valence-corrected chi connectivity index (χ4v) is 4.86. The molecule has 5 nitrogen and oxygen atoms in total. The summed E-state index contributed by atoms with van der Waals surface area (Å²) in [7, 11) is 0. The molecule has 0 aliphatic carbocycles. The van der Waals surface area contributed by atoms with Gasteiger partial charge >= 0.3 is 0 Å². The van der Waals surface area contributed by atoms with E-state index in [1.165, 1.54) is 12.1 Å². The zero-order valence-corrected chi connectivity index (χ0v) is 20.8. The molecule has 5 rings (SSSR count). The Kier molecular flexibility index (Phi) is 6.13. The van der Waals surface area contributed by atoms with Crippen LogP contribution in [-0.2, 0) is 13.1 Å². The maximum Gasteiger partial charge on any atom is 0.260 e. The summed E-state index contributed by atoms with van der Waals surface area (Å²) in [5.74, 6) is -0.545. The minimum atomic E-state index is -0.287. The zero-order chi connectivity index (χ0) is 24.7. The number of para-hydroxylation sites is 1. The Morgan fingerprint density at radius 2 is 1.66 bits per heavy atom. The van der Waals surface area contributed by atoms with Gasteiger partial charge in [-0.3, -0.25) is 9.59 Å². The van der Waals surface area contributed by atoms with Crippen LogP contribution < -0.4 is 10.2 Å². The second-order valence-electron chi connectivity index (χ2n) is 8.66. The van der Waals surface area contributed by atoms with Crippen LogP contribution in [0.25, 0.3) is 0 Å². The van der Waals surface area contributed by atoms with Crippen LogP contribution in [-0.4, -0.2) is 16.4 Å². The third-order valence-corrected chi connectivity index (χ3v) is 7.12. The van der Waals surface area contributed by atoms with Gasteiger partial charge in [-0.2, -0.15) is 0 Å². The number of carbonyl (C=O) groups excluding carboxylic acids is 2. The van der Waals surface area contributed by atoms with Gasteiger partial charge in [-0.1, -0.05) is 53.5 Å². The van der Waals surface area contributed by atoms with E-state index < -0.39 is 0 Å². The highest BCUT2D eigenvalue weighted by Gasteiger charge is 2.27. The predicted molar refractivity (Wildman–Crippen MR) is 141 cm³/mol. The lowest BCUT2D eigenvalue weighted by Gasteiger charge is -2.23. The number of rotatable bonds is 3. The van der Waals surface area contributed by atoms with Crippen LogP contribution in [0.1, 0.15) is 43.1 Å². The average molecular weight is 504 g/mol. The Morgan fingerprint density at radius 1 is 0.857 bits per heavy atom. The predicted octanol–water partition coefficient (Wildman–Crippen LogP) is 6.87. The lowest BCUT2D eigenvalue weighted by Crippen LogP contribution is -2.31. The van der Waals surface area contributed by atoms with Gasteiger partial charge in [0, 0.05) is 29.7 Å². The van der Waals surface area contributed by atoms with Gasteiger partial charge in [-0.05, 0) is 66.9 Å². The molecule has 0 spiro atoms. The molecule has 2 heterocycles. The van der Waals surface area contributed by atoms with Crippen molar-refractivity contribution in [2.75, 3.05) is 10.2 Å². The van der Waals surface area contributed by atoms with Gasteiger partial charge in [0.2, 0.25) is 0 Å². The average Bonchev–Trinajstić information content (AvgIpc) is 3.21. The quantitative estimate of drug-likeness (QED) is 0.331. The number of anilines is 2. The molecule has 0 fully saturated rings. The maximum atomic E-state index is 13.7. The number of halogens is 2. The summed E-state index contributed by atoms with van der Waals surface area (Å²) in [4.78, 5) is 28.4. The highest BCUT2D eigenvalue weighted by molar-refractivity contribution is 6.38. The van der Waals surface area contributed by atoms with Gasteiger partial charge in [0.05, 0.1) is 27.8 Å². The molecule has 1 N–H and O–H groups in total. The molecule has 0 bridgehead atoms. The van der Waals surface area contributed by atoms with Crippen molar-refractivity contribution >= 4 is 46.4 Å². The van der Waals surface area contributed by atoms with Crippen LogP contribution in [0.5, 0.6) is 0 Å². The molecule has 0 radical (unpaired) electrons. The van der Waals surface area contributed by atoms with E-state index >= 15 is 0 Å². The first-order valence-electron chi connectivity index (χ1n) is 11.2. The van der Waals surface area contributed by atoms with Gasteiger partial charge < -0.3 is 14.8 Å². The highest BCUT2D eigenvalue weighted by atomic mass is 35.5. The second-order valence-corrected chi connectivity index (χ2v) is 9.48. The van der Waals surface area contributed by atoms with Gasteiger partial charge in [-0.25, -0.2) is 0 Å². The first-order chi connectivity index (χ1) is 16.8. The summed E-state index contributed by atoms with van der Waals surface area (Å²) in [6.07, 6.45) is 2.01. The molecular weight excluding hydrogens is 481 g/mol. The van der Waals surface area contributed by atoms with E-state index in [0.717, 1.165) is 28.1 Å². The molecule has 2 amide bonds. The van der Waals surface area contributed by atoms with Crippen molar-refractivity contribution in [2.45, 2.75) is 26.9 Å². The zero-order valence-electron chi connectivity index (χ0n) is 19.3. The maximum absolute atomic E-state index is 13.7. The van der Waals surface area contributed by atoms with Crippen LogP contribution in [0.2, 0.25) is 10.0 Å². The van der Waals surface area contributed by atoms with E-state index in [9.17, 15) is 9.59 Å². The first kappa shape index (κ1) is 23.2. The van der Waals surface area contributed by atoms with E-state index in [2.05, 4.69) is 9.88 Å². The number of benzene rings is 3. The minimum absolute atomic E-state index is 0.216. The minimum Gasteiger partial charge on any atom is -0.345 e. The van der Waals surface area contributed by atoms with Crippen molar-refractivity contribution < 1.29 is 9.59 Å². The van der Waals surface area contributed by atoms with Crippen molar-refractivity contribution in [2.24, 2.45) is 0 Å². The second kappa shape index (κ2) is 9.25. The standard InChI is InChI=1S/C28H23Cl2N3O2/c1-17-7-5-10-21(18(17)2)27(34)31-25-14-23(29)22(13-24(25)30)28(35)33-16-20-9-6-12-32(20)15-19-8-3-4-11-26(19)33/h3-14H,15-16H2,1-2H3,(H,31,34). The molecule has 7 heteroatoms. The molecule has 0 unspecified atom stereocenters. The summed E-state index contributed by atoms with van der Waals surface area (Å²) >= 11 is 13.1. The smallest absolute Gasteiger partial charge is 0.260 e. The third-order valence-electron chi connectivity index (χ3n) is 6.50. The topological polar surface area (TPSA) is 54.3 Å². The Morgan fingerprint density at radius 3 is 2.49 bits per heavy atom.